The maximum absolute atomic E-state index is 12.7. The van der Waals surface area contributed by atoms with Crippen molar-refractivity contribution < 1.29 is 19.1 Å². The Kier molecular flexibility index (Phi) is 6.22. The molecule has 5 rings (SSSR count). The van der Waals surface area contributed by atoms with Gasteiger partial charge in [-0.25, -0.2) is 4.98 Å². The van der Waals surface area contributed by atoms with E-state index in [1.165, 1.54) is 0 Å². The summed E-state index contributed by atoms with van der Waals surface area (Å²) in [5.74, 6) is 0.181. The lowest BCUT2D eigenvalue weighted by atomic mass is 10.2. The fraction of sp³-hybridized carbons (Fsp3) is 0.192. The Bertz CT molecular complexity index is 1280. The molecule has 4 aromatic rings. The van der Waals surface area contributed by atoms with Crippen molar-refractivity contribution in [3.63, 3.8) is 0 Å². The molecule has 0 spiro atoms. The lowest BCUT2D eigenvalue weighted by Gasteiger charge is -2.11. The zero-order valence-corrected chi connectivity index (χ0v) is 18.4. The smallest absolute Gasteiger partial charge is 0.255 e. The standard InChI is InChI=1S/C26H24N4O4/c31-25(28-19-9-11-20(12-10-19)29-26(32)23-7-4-14-33-23)18-5-3-6-22(15-18)34-17-21-16-30-13-2-1-8-24(30)27-21/h1-3,5-6,8-13,15-16,23H,4,7,14,17H2,(H,28,31)(H,29,32)/t23-/m0/s1. The van der Waals surface area contributed by atoms with E-state index in [0.29, 0.717) is 35.9 Å². The van der Waals surface area contributed by atoms with E-state index < -0.39 is 0 Å². The number of ether oxygens (including phenoxy) is 2. The highest BCUT2D eigenvalue weighted by atomic mass is 16.5. The van der Waals surface area contributed by atoms with Gasteiger partial charge in [-0.3, -0.25) is 9.59 Å². The fourth-order valence-corrected chi connectivity index (χ4v) is 3.79. The van der Waals surface area contributed by atoms with Crippen LogP contribution in [0.4, 0.5) is 11.4 Å². The number of pyridine rings is 1. The molecule has 2 aromatic heterocycles. The summed E-state index contributed by atoms with van der Waals surface area (Å²) in [6.45, 7) is 0.918. The van der Waals surface area contributed by atoms with Crippen LogP contribution in [0.3, 0.4) is 0 Å². The van der Waals surface area contributed by atoms with Crippen LogP contribution in [0.1, 0.15) is 28.9 Å². The van der Waals surface area contributed by atoms with Crippen molar-refractivity contribution >= 4 is 28.8 Å². The third-order valence-corrected chi connectivity index (χ3v) is 5.53. The number of fused-ring (bicyclic) bond motifs is 1. The molecule has 2 N–H and O–H groups in total. The molecule has 0 unspecified atom stereocenters. The van der Waals surface area contributed by atoms with Gasteiger partial charge >= 0.3 is 0 Å². The molecule has 0 aliphatic carbocycles. The van der Waals surface area contributed by atoms with Crippen LogP contribution in [0.15, 0.2) is 79.1 Å². The second-order valence-electron chi connectivity index (χ2n) is 8.04. The number of nitrogens with zero attached hydrogens (tertiary/aromatic N) is 2. The van der Waals surface area contributed by atoms with E-state index in [1.54, 1.807) is 48.5 Å². The Morgan fingerprint density at radius 3 is 2.62 bits per heavy atom. The van der Waals surface area contributed by atoms with Gasteiger partial charge in [-0.2, -0.15) is 0 Å². The van der Waals surface area contributed by atoms with Crippen molar-refractivity contribution in [3.05, 3.63) is 90.4 Å². The normalized spacial score (nSPS) is 15.2. The molecular weight excluding hydrogens is 432 g/mol. The Morgan fingerprint density at radius 2 is 1.85 bits per heavy atom. The first-order valence-electron chi connectivity index (χ1n) is 11.1. The molecule has 2 aromatic carbocycles. The topological polar surface area (TPSA) is 94.0 Å². The molecule has 0 radical (unpaired) electrons. The highest BCUT2D eigenvalue weighted by Crippen LogP contribution is 2.20. The predicted molar refractivity (Wildman–Crippen MR) is 128 cm³/mol. The summed E-state index contributed by atoms with van der Waals surface area (Å²) in [6, 6.07) is 19.8. The number of carbonyl (C=O) groups excluding carboxylic acids is 2. The molecule has 1 aliphatic rings. The van der Waals surface area contributed by atoms with Crippen molar-refractivity contribution in [1.29, 1.82) is 0 Å². The summed E-state index contributed by atoms with van der Waals surface area (Å²) in [5.41, 5.74) is 3.40. The number of aromatic nitrogens is 2. The largest absolute Gasteiger partial charge is 0.487 e. The number of benzene rings is 2. The molecule has 1 fully saturated rings. The van der Waals surface area contributed by atoms with Crippen molar-refractivity contribution in [2.24, 2.45) is 0 Å². The fourth-order valence-electron chi connectivity index (χ4n) is 3.79. The molecule has 0 saturated carbocycles. The zero-order valence-electron chi connectivity index (χ0n) is 18.4. The number of nitrogens with one attached hydrogen (secondary N) is 2. The minimum absolute atomic E-state index is 0.144. The van der Waals surface area contributed by atoms with Crippen LogP contribution in [-0.2, 0) is 16.1 Å². The molecule has 34 heavy (non-hydrogen) atoms. The summed E-state index contributed by atoms with van der Waals surface area (Å²) in [6.07, 6.45) is 5.10. The maximum atomic E-state index is 12.7. The number of hydrogen-bond donors (Lipinski definition) is 2. The van der Waals surface area contributed by atoms with Crippen LogP contribution < -0.4 is 15.4 Å². The molecule has 2 amide bonds. The third kappa shape index (κ3) is 5.07. The highest BCUT2D eigenvalue weighted by Gasteiger charge is 2.23. The van der Waals surface area contributed by atoms with E-state index in [2.05, 4.69) is 15.6 Å². The lowest BCUT2D eigenvalue weighted by Crippen LogP contribution is -2.26. The Labute approximate surface area is 196 Å². The first kappa shape index (κ1) is 21.7. The van der Waals surface area contributed by atoms with Crippen LogP contribution in [0, 0.1) is 0 Å². The number of amides is 2. The van der Waals surface area contributed by atoms with Crippen LogP contribution in [0.5, 0.6) is 5.75 Å². The Morgan fingerprint density at radius 1 is 1.03 bits per heavy atom. The highest BCUT2D eigenvalue weighted by molar-refractivity contribution is 6.04. The number of carbonyl (C=O) groups is 2. The Hall–Kier alpha value is -4.17. The average molecular weight is 457 g/mol. The van der Waals surface area contributed by atoms with Crippen molar-refractivity contribution in [2.75, 3.05) is 17.2 Å². The molecule has 0 bridgehead atoms. The molecule has 172 valence electrons. The van der Waals surface area contributed by atoms with Crippen LogP contribution in [0.25, 0.3) is 5.65 Å². The SMILES string of the molecule is O=C(Nc1ccc(NC(=O)[C@@H]2CCCO2)cc1)c1cccc(OCc2cn3ccccc3n2)c1. The van der Waals surface area contributed by atoms with E-state index in [9.17, 15) is 9.59 Å². The summed E-state index contributed by atoms with van der Waals surface area (Å²) >= 11 is 0. The summed E-state index contributed by atoms with van der Waals surface area (Å²) in [7, 11) is 0. The first-order valence-corrected chi connectivity index (χ1v) is 11.1. The van der Waals surface area contributed by atoms with Gasteiger partial charge in [0.05, 0.1) is 5.69 Å². The molecule has 1 saturated heterocycles. The number of hydrogen-bond acceptors (Lipinski definition) is 5. The van der Waals surface area contributed by atoms with Gasteiger partial charge in [0.15, 0.2) is 0 Å². The number of imidazole rings is 1. The van der Waals surface area contributed by atoms with Gasteiger partial charge < -0.3 is 24.5 Å². The van der Waals surface area contributed by atoms with E-state index in [1.807, 2.05) is 35.0 Å². The van der Waals surface area contributed by atoms with Crippen LogP contribution in [0.2, 0.25) is 0 Å². The molecule has 8 nitrogen and oxygen atoms in total. The van der Waals surface area contributed by atoms with Gasteiger partial charge in [0, 0.05) is 35.9 Å². The second-order valence-corrected chi connectivity index (χ2v) is 8.04. The van der Waals surface area contributed by atoms with Gasteiger partial charge in [0.1, 0.15) is 24.1 Å². The second kappa shape index (κ2) is 9.76. The molecule has 1 atom stereocenters. The third-order valence-electron chi connectivity index (χ3n) is 5.53. The summed E-state index contributed by atoms with van der Waals surface area (Å²) < 4.78 is 13.2. The van der Waals surface area contributed by atoms with Crippen LogP contribution in [-0.4, -0.2) is 33.9 Å². The molecule has 1 aliphatic heterocycles. The maximum Gasteiger partial charge on any atom is 0.255 e. The predicted octanol–water partition coefficient (Wildman–Crippen LogP) is 4.28. The van der Waals surface area contributed by atoms with Crippen LogP contribution >= 0.6 is 0 Å². The molecule has 8 heteroatoms. The van der Waals surface area contributed by atoms with Gasteiger partial charge in [-0.05, 0) is 67.4 Å². The van der Waals surface area contributed by atoms with E-state index in [0.717, 1.165) is 24.2 Å². The molecule has 3 heterocycles. The van der Waals surface area contributed by atoms with Gasteiger partial charge in [-0.15, -0.1) is 0 Å². The van der Waals surface area contributed by atoms with Gasteiger partial charge in [0.25, 0.3) is 11.8 Å². The average Bonchev–Trinajstić information content (AvgIpc) is 3.54. The lowest BCUT2D eigenvalue weighted by molar-refractivity contribution is -0.124. The minimum Gasteiger partial charge on any atom is -0.487 e. The van der Waals surface area contributed by atoms with Crippen molar-refractivity contribution in [3.8, 4) is 5.75 Å². The number of anilines is 2. The molecular formula is C26H24N4O4. The van der Waals surface area contributed by atoms with E-state index in [4.69, 9.17) is 9.47 Å². The first-order chi connectivity index (χ1) is 16.6. The van der Waals surface area contributed by atoms with Crippen molar-refractivity contribution in [1.82, 2.24) is 9.38 Å². The zero-order chi connectivity index (χ0) is 23.3. The van der Waals surface area contributed by atoms with Gasteiger partial charge in [0.2, 0.25) is 0 Å². The quantitative estimate of drug-likeness (QED) is 0.433. The summed E-state index contributed by atoms with van der Waals surface area (Å²) in [5, 5.41) is 5.70. The van der Waals surface area contributed by atoms with E-state index >= 15 is 0 Å². The Balaban J connectivity index is 1.17. The monoisotopic (exact) mass is 456 g/mol. The minimum atomic E-state index is -0.387. The summed E-state index contributed by atoms with van der Waals surface area (Å²) in [4.78, 5) is 29.4. The van der Waals surface area contributed by atoms with Crippen molar-refractivity contribution in [2.45, 2.75) is 25.6 Å². The number of rotatable bonds is 7. The van der Waals surface area contributed by atoms with E-state index in [-0.39, 0.29) is 17.9 Å². The van der Waals surface area contributed by atoms with Gasteiger partial charge in [-0.1, -0.05) is 12.1 Å².